The quantitative estimate of drug-likeness (QED) is 0.783. The molecule has 0 saturated carbocycles. The number of carbonyl (C=O) groups excluding carboxylic acids is 1. The number of methoxy groups -OCH3 is 1. The highest BCUT2D eigenvalue weighted by Gasteiger charge is 2.06. The largest absolute Gasteiger partial charge is 0.490 e. The van der Waals surface area contributed by atoms with Crippen LogP contribution in [0.15, 0.2) is 24.3 Å². The lowest BCUT2D eigenvalue weighted by Gasteiger charge is -2.10. The minimum atomic E-state index is -0.529. The van der Waals surface area contributed by atoms with Crippen LogP contribution in [-0.4, -0.2) is 26.4 Å². The van der Waals surface area contributed by atoms with E-state index in [1.54, 1.807) is 18.2 Å². The highest BCUT2D eigenvalue weighted by molar-refractivity contribution is 5.86. The molecule has 0 bridgehead atoms. The van der Waals surface area contributed by atoms with E-state index in [1.165, 1.54) is 7.11 Å². The summed E-state index contributed by atoms with van der Waals surface area (Å²) in [6.07, 6.45) is -0.529. The molecule has 0 aliphatic carbocycles. The summed E-state index contributed by atoms with van der Waals surface area (Å²) in [4.78, 5) is 11.0. The maximum Gasteiger partial charge on any atom is 0.411 e. The normalized spacial score (nSPS) is 9.47. The maximum absolute atomic E-state index is 11.0. The zero-order valence-electron chi connectivity index (χ0n) is 8.53. The molecule has 15 heavy (non-hydrogen) atoms. The number of nitrogens with two attached hydrogens (primary N) is 1. The van der Waals surface area contributed by atoms with Crippen LogP contribution in [0.3, 0.4) is 0 Å². The van der Waals surface area contributed by atoms with Crippen LogP contribution in [0.1, 0.15) is 0 Å². The smallest absolute Gasteiger partial charge is 0.411 e. The predicted octanol–water partition coefficient (Wildman–Crippen LogP) is 1.20. The number of amides is 1. The number of nitrogens with one attached hydrogen (secondary N) is 1. The molecule has 0 heterocycles. The Kier molecular flexibility index (Phi) is 4.43. The summed E-state index contributed by atoms with van der Waals surface area (Å²) in [5.41, 5.74) is 5.88. The molecule has 0 atom stereocenters. The third-order valence-corrected chi connectivity index (χ3v) is 1.68. The van der Waals surface area contributed by atoms with E-state index in [1.807, 2.05) is 6.07 Å². The third kappa shape index (κ3) is 3.47. The number of benzene rings is 1. The van der Waals surface area contributed by atoms with Crippen molar-refractivity contribution in [1.29, 1.82) is 0 Å². The molecule has 0 radical (unpaired) electrons. The highest BCUT2D eigenvalue weighted by atomic mass is 16.5. The van der Waals surface area contributed by atoms with E-state index in [0.29, 0.717) is 24.6 Å². The highest BCUT2D eigenvalue weighted by Crippen LogP contribution is 2.23. The van der Waals surface area contributed by atoms with E-state index in [0.717, 1.165) is 0 Å². The zero-order chi connectivity index (χ0) is 11.1. The Morgan fingerprint density at radius 1 is 1.47 bits per heavy atom. The first-order valence-electron chi connectivity index (χ1n) is 4.54. The van der Waals surface area contributed by atoms with Gasteiger partial charge in [-0.1, -0.05) is 12.1 Å². The summed E-state index contributed by atoms with van der Waals surface area (Å²) >= 11 is 0. The second-order valence-corrected chi connectivity index (χ2v) is 2.75. The number of hydrogen-bond acceptors (Lipinski definition) is 4. The Bertz CT molecular complexity index is 328. The predicted molar refractivity (Wildman–Crippen MR) is 57.0 cm³/mol. The van der Waals surface area contributed by atoms with Crippen LogP contribution in [0, 0.1) is 0 Å². The first-order chi connectivity index (χ1) is 7.27. The molecule has 1 amide bonds. The molecule has 0 fully saturated rings. The number of ether oxygens (including phenoxy) is 2. The van der Waals surface area contributed by atoms with Crippen molar-refractivity contribution < 1.29 is 14.3 Å². The molecule has 82 valence electrons. The Balaban J connectivity index is 2.72. The average molecular weight is 210 g/mol. The van der Waals surface area contributed by atoms with Crippen molar-refractivity contribution in [1.82, 2.24) is 0 Å². The monoisotopic (exact) mass is 210 g/mol. The van der Waals surface area contributed by atoms with E-state index in [2.05, 4.69) is 10.1 Å². The van der Waals surface area contributed by atoms with Crippen molar-refractivity contribution in [3.8, 4) is 5.75 Å². The van der Waals surface area contributed by atoms with Gasteiger partial charge < -0.3 is 15.2 Å². The summed E-state index contributed by atoms with van der Waals surface area (Å²) < 4.78 is 9.82. The van der Waals surface area contributed by atoms with Gasteiger partial charge in [-0.15, -0.1) is 0 Å². The fraction of sp³-hybridized carbons (Fsp3) is 0.300. The number of rotatable bonds is 4. The van der Waals surface area contributed by atoms with Gasteiger partial charge in [-0.3, -0.25) is 5.32 Å². The molecule has 1 aromatic rings. The summed E-state index contributed by atoms with van der Waals surface area (Å²) in [5, 5.41) is 2.54. The molecule has 3 N–H and O–H groups in total. The van der Waals surface area contributed by atoms with Crippen LogP contribution < -0.4 is 15.8 Å². The Hall–Kier alpha value is -1.75. The number of carbonyl (C=O) groups is 1. The van der Waals surface area contributed by atoms with Gasteiger partial charge in [-0.2, -0.15) is 0 Å². The van der Waals surface area contributed by atoms with Gasteiger partial charge in [0, 0.05) is 6.54 Å². The van der Waals surface area contributed by atoms with Gasteiger partial charge in [0.1, 0.15) is 12.4 Å². The van der Waals surface area contributed by atoms with Gasteiger partial charge in [-0.05, 0) is 12.1 Å². The van der Waals surface area contributed by atoms with Crippen LogP contribution in [0.4, 0.5) is 10.5 Å². The first kappa shape index (κ1) is 11.3. The minimum absolute atomic E-state index is 0.403. The lowest BCUT2D eigenvalue weighted by molar-refractivity contribution is 0.186. The second kappa shape index (κ2) is 5.87. The maximum atomic E-state index is 11.0. The van der Waals surface area contributed by atoms with Gasteiger partial charge >= 0.3 is 6.09 Å². The topological polar surface area (TPSA) is 73.6 Å². The molecule has 0 aromatic heterocycles. The van der Waals surface area contributed by atoms with Gasteiger partial charge in [0.2, 0.25) is 0 Å². The molecule has 0 saturated heterocycles. The first-order valence-corrected chi connectivity index (χ1v) is 4.54. The Morgan fingerprint density at radius 2 is 2.20 bits per heavy atom. The molecule has 5 nitrogen and oxygen atoms in total. The molecular formula is C10H14N2O3. The number of hydrogen-bond donors (Lipinski definition) is 2. The molecule has 5 heteroatoms. The summed E-state index contributed by atoms with van der Waals surface area (Å²) in [5.74, 6) is 0.577. The van der Waals surface area contributed by atoms with Crippen molar-refractivity contribution in [2.75, 3.05) is 25.6 Å². The van der Waals surface area contributed by atoms with Gasteiger partial charge in [-0.25, -0.2) is 4.79 Å². The van der Waals surface area contributed by atoms with E-state index in [9.17, 15) is 4.79 Å². The molecule has 0 spiro atoms. The van der Waals surface area contributed by atoms with E-state index in [4.69, 9.17) is 10.5 Å². The van der Waals surface area contributed by atoms with Gasteiger partial charge in [0.05, 0.1) is 12.8 Å². The van der Waals surface area contributed by atoms with Crippen molar-refractivity contribution in [3.63, 3.8) is 0 Å². The van der Waals surface area contributed by atoms with Crippen LogP contribution >= 0.6 is 0 Å². The van der Waals surface area contributed by atoms with E-state index in [-0.39, 0.29) is 0 Å². The summed E-state index contributed by atoms with van der Waals surface area (Å²) in [6, 6.07) is 7.08. The fourth-order valence-electron chi connectivity index (χ4n) is 1.03. The number of anilines is 1. The molecule has 0 unspecified atom stereocenters. The van der Waals surface area contributed by atoms with E-state index >= 15 is 0 Å². The van der Waals surface area contributed by atoms with Crippen LogP contribution in [-0.2, 0) is 4.74 Å². The second-order valence-electron chi connectivity index (χ2n) is 2.75. The fourth-order valence-corrected chi connectivity index (χ4v) is 1.03. The molecule has 1 aromatic carbocycles. The van der Waals surface area contributed by atoms with Crippen molar-refractivity contribution in [2.45, 2.75) is 0 Å². The van der Waals surface area contributed by atoms with Gasteiger partial charge in [0.25, 0.3) is 0 Å². The van der Waals surface area contributed by atoms with Crippen molar-refractivity contribution >= 4 is 11.8 Å². The summed E-state index contributed by atoms with van der Waals surface area (Å²) in [6.45, 7) is 0.826. The standard InChI is InChI=1S/C10H14N2O3/c1-14-10(13)12-8-4-2-3-5-9(8)15-7-6-11/h2-5H,6-7,11H2,1H3,(H,12,13). The third-order valence-electron chi connectivity index (χ3n) is 1.68. The average Bonchev–Trinajstić information content (AvgIpc) is 2.28. The number of para-hydroxylation sites is 2. The van der Waals surface area contributed by atoms with E-state index < -0.39 is 6.09 Å². The zero-order valence-corrected chi connectivity index (χ0v) is 8.53. The van der Waals surface area contributed by atoms with Gasteiger partial charge in [0.15, 0.2) is 0 Å². The SMILES string of the molecule is COC(=O)Nc1ccccc1OCCN. The Morgan fingerprint density at radius 3 is 2.87 bits per heavy atom. The lowest BCUT2D eigenvalue weighted by Crippen LogP contribution is -2.14. The van der Waals surface area contributed by atoms with Crippen molar-refractivity contribution in [3.05, 3.63) is 24.3 Å². The minimum Gasteiger partial charge on any atom is -0.490 e. The molecular weight excluding hydrogens is 196 g/mol. The van der Waals surface area contributed by atoms with Crippen LogP contribution in [0.5, 0.6) is 5.75 Å². The van der Waals surface area contributed by atoms with Crippen molar-refractivity contribution in [2.24, 2.45) is 5.73 Å². The lowest BCUT2D eigenvalue weighted by atomic mass is 10.3. The molecule has 0 aliphatic rings. The molecule has 1 rings (SSSR count). The summed E-state index contributed by atoms with van der Waals surface area (Å²) in [7, 11) is 1.30. The van der Waals surface area contributed by atoms with Crippen LogP contribution in [0.25, 0.3) is 0 Å². The van der Waals surface area contributed by atoms with Crippen LogP contribution in [0.2, 0.25) is 0 Å². The Labute approximate surface area is 88.2 Å². The molecule has 0 aliphatic heterocycles.